The van der Waals surface area contributed by atoms with Gasteiger partial charge < -0.3 is 26.4 Å². The molecule has 2 aromatic carbocycles. The lowest BCUT2D eigenvalue weighted by Gasteiger charge is -2.24. The Kier molecular flexibility index (Phi) is 8.59. The third kappa shape index (κ3) is 8.17. The van der Waals surface area contributed by atoms with Gasteiger partial charge in [0.05, 0.1) is 21.4 Å². The molecule has 0 bridgehead atoms. The molecule has 2 aromatic heterocycles. The van der Waals surface area contributed by atoms with Crippen molar-refractivity contribution in [3.8, 4) is 23.0 Å². The topological polar surface area (TPSA) is 118 Å². The second-order valence-electron chi connectivity index (χ2n) is 11.1. The largest absolute Gasteiger partial charge is 0.444 e. The molecule has 0 aliphatic carbocycles. The molecule has 4 rings (SSSR count). The minimum atomic E-state index is -4.52. The average Bonchev–Trinajstić information content (AvgIpc) is 3.33. The molecular formula is C31H30F3N5O3S. The van der Waals surface area contributed by atoms with Gasteiger partial charge in [0.1, 0.15) is 11.4 Å². The van der Waals surface area contributed by atoms with E-state index in [1.807, 2.05) is 5.38 Å². The van der Waals surface area contributed by atoms with Gasteiger partial charge in [-0.2, -0.15) is 13.2 Å². The smallest absolute Gasteiger partial charge is 0.416 e. The summed E-state index contributed by atoms with van der Waals surface area (Å²) in [6, 6.07) is 10.6. The van der Waals surface area contributed by atoms with E-state index in [1.165, 1.54) is 23.5 Å². The summed E-state index contributed by atoms with van der Waals surface area (Å²) in [5.74, 6) is 6.50. The second-order valence-corrected chi connectivity index (χ2v) is 12.0. The number of alkyl halides is 3. The predicted molar refractivity (Wildman–Crippen MR) is 164 cm³/mol. The van der Waals surface area contributed by atoms with Gasteiger partial charge in [0.15, 0.2) is 0 Å². The van der Waals surface area contributed by atoms with E-state index >= 15 is 0 Å². The number of hydrogen-bond acceptors (Lipinski definition) is 6. The van der Waals surface area contributed by atoms with Crippen molar-refractivity contribution in [3.05, 3.63) is 71.2 Å². The zero-order chi connectivity index (χ0) is 31.6. The fourth-order valence-corrected chi connectivity index (χ4v) is 5.04. The van der Waals surface area contributed by atoms with E-state index in [4.69, 9.17) is 10.5 Å². The first-order valence-corrected chi connectivity index (χ1v) is 13.9. The van der Waals surface area contributed by atoms with Crippen LogP contribution in [0.3, 0.4) is 0 Å². The molecule has 3 amide bonds. The van der Waals surface area contributed by atoms with Gasteiger partial charge in [-0.05, 0) is 75.9 Å². The highest BCUT2D eigenvalue weighted by Crippen LogP contribution is 2.38. The maximum Gasteiger partial charge on any atom is 0.416 e. The van der Waals surface area contributed by atoms with Crippen LogP contribution in [0.4, 0.5) is 40.0 Å². The first kappa shape index (κ1) is 31.2. The van der Waals surface area contributed by atoms with Crippen LogP contribution in [0.5, 0.6) is 0 Å². The molecule has 12 heteroatoms. The number of urea groups is 1. The Balaban J connectivity index is 1.50. The Labute approximate surface area is 250 Å². The number of nitrogens with zero attached hydrogens (tertiary/aromatic N) is 1. The number of fused-ring (bicyclic) bond motifs is 1. The number of hydrogen-bond donors (Lipinski definition) is 4. The zero-order valence-corrected chi connectivity index (χ0v) is 24.9. The third-order valence-electron chi connectivity index (χ3n) is 5.85. The molecule has 43 heavy (non-hydrogen) atoms. The SMILES string of the molecule is CC(C)(C#Cc1cnc(N)c2c(-c3ccc(NC(=O)Nc4cccc(C(F)(F)F)c4)cc3)csc12)NC(=O)OC(C)(C)C. The molecule has 2 heterocycles. The quantitative estimate of drug-likeness (QED) is 0.176. The lowest BCUT2D eigenvalue weighted by atomic mass is 10.0. The van der Waals surface area contributed by atoms with E-state index in [1.54, 1.807) is 65.1 Å². The number of nitrogens with one attached hydrogen (secondary N) is 3. The summed E-state index contributed by atoms with van der Waals surface area (Å²) in [6.45, 7) is 8.87. The highest BCUT2D eigenvalue weighted by atomic mass is 32.1. The molecular weight excluding hydrogens is 579 g/mol. The van der Waals surface area contributed by atoms with E-state index in [9.17, 15) is 22.8 Å². The standard InChI is InChI=1S/C31H30F3N5O3S/c1-29(2,3)42-28(41)39-30(4,5)14-13-19-16-36-26(35)24-23(17-43-25(19)24)18-9-11-21(12-10-18)37-27(40)38-22-8-6-7-20(15-22)31(32,33)34/h6-12,15-17H,1-5H3,(H2,35,36)(H,39,41)(H2,37,38,40). The second kappa shape index (κ2) is 11.9. The molecule has 0 fully saturated rings. The Hall–Kier alpha value is -4.76. The van der Waals surface area contributed by atoms with Crippen molar-refractivity contribution >= 4 is 50.7 Å². The highest BCUT2D eigenvalue weighted by molar-refractivity contribution is 7.18. The van der Waals surface area contributed by atoms with Crippen LogP contribution in [-0.2, 0) is 10.9 Å². The summed E-state index contributed by atoms with van der Waals surface area (Å²) in [5.41, 5.74) is 6.60. The molecule has 0 aliphatic heterocycles. The first-order valence-electron chi connectivity index (χ1n) is 13.1. The van der Waals surface area contributed by atoms with Gasteiger partial charge in [-0.3, -0.25) is 0 Å². The minimum Gasteiger partial charge on any atom is -0.444 e. The lowest BCUT2D eigenvalue weighted by Crippen LogP contribution is -2.44. The monoisotopic (exact) mass is 609 g/mol. The fraction of sp³-hybridized carbons (Fsp3) is 0.258. The molecule has 5 N–H and O–H groups in total. The normalized spacial score (nSPS) is 11.8. The van der Waals surface area contributed by atoms with Gasteiger partial charge >= 0.3 is 18.3 Å². The van der Waals surface area contributed by atoms with Crippen LogP contribution in [0.25, 0.3) is 21.2 Å². The number of aromatic nitrogens is 1. The van der Waals surface area contributed by atoms with Crippen LogP contribution < -0.4 is 21.7 Å². The van der Waals surface area contributed by atoms with Crippen molar-refractivity contribution in [1.29, 1.82) is 0 Å². The van der Waals surface area contributed by atoms with Crippen LogP contribution in [0.2, 0.25) is 0 Å². The van der Waals surface area contributed by atoms with E-state index in [-0.39, 0.29) is 5.69 Å². The van der Waals surface area contributed by atoms with Gasteiger partial charge in [-0.25, -0.2) is 14.6 Å². The number of carbonyl (C=O) groups is 2. The number of rotatable bonds is 4. The van der Waals surface area contributed by atoms with Crippen molar-refractivity contribution in [3.63, 3.8) is 0 Å². The van der Waals surface area contributed by atoms with Crippen LogP contribution in [0.1, 0.15) is 45.7 Å². The number of pyridine rings is 1. The Bertz CT molecular complexity index is 1730. The van der Waals surface area contributed by atoms with Gasteiger partial charge in [0.25, 0.3) is 0 Å². The van der Waals surface area contributed by atoms with E-state index in [0.29, 0.717) is 17.1 Å². The van der Waals surface area contributed by atoms with Crippen molar-refractivity contribution < 1.29 is 27.5 Å². The van der Waals surface area contributed by atoms with Crippen molar-refractivity contribution in [2.75, 3.05) is 16.4 Å². The first-order chi connectivity index (χ1) is 20.0. The van der Waals surface area contributed by atoms with Gasteiger partial charge in [-0.1, -0.05) is 30.0 Å². The number of alkyl carbamates (subject to hydrolysis) is 1. The molecule has 0 aliphatic rings. The van der Waals surface area contributed by atoms with Gasteiger partial charge in [0.2, 0.25) is 0 Å². The molecule has 0 unspecified atom stereocenters. The molecule has 0 saturated heterocycles. The molecule has 0 spiro atoms. The fourth-order valence-electron chi connectivity index (χ4n) is 3.98. The van der Waals surface area contributed by atoms with Crippen molar-refractivity contribution in [2.24, 2.45) is 0 Å². The van der Waals surface area contributed by atoms with Gasteiger partial charge in [0, 0.05) is 28.5 Å². The molecule has 0 atom stereocenters. The van der Waals surface area contributed by atoms with E-state index < -0.39 is 35.0 Å². The van der Waals surface area contributed by atoms with Crippen LogP contribution in [0.15, 0.2) is 60.1 Å². The number of nitrogens with two attached hydrogens (primary N) is 1. The summed E-state index contributed by atoms with van der Waals surface area (Å²) in [7, 11) is 0. The Morgan fingerprint density at radius 3 is 2.30 bits per heavy atom. The number of carbonyl (C=O) groups excluding carboxylic acids is 2. The Morgan fingerprint density at radius 2 is 1.65 bits per heavy atom. The zero-order valence-electron chi connectivity index (χ0n) is 24.1. The number of benzene rings is 2. The number of amides is 3. The summed E-state index contributed by atoms with van der Waals surface area (Å²) < 4.78 is 45.0. The molecule has 0 saturated carbocycles. The molecule has 8 nitrogen and oxygen atoms in total. The van der Waals surface area contributed by atoms with Crippen LogP contribution >= 0.6 is 11.3 Å². The average molecular weight is 610 g/mol. The maximum atomic E-state index is 13.0. The number of halogens is 3. The highest BCUT2D eigenvalue weighted by Gasteiger charge is 2.30. The van der Waals surface area contributed by atoms with Crippen LogP contribution in [0, 0.1) is 11.8 Å². The van der Waals surface area contributed by atoms with Crippen LogP contribution in [-0.4, -0.2) is 28.2 Å². The minimum absolute atomic E-state index is 0.0135. The van der Waals surface area contributed by atoms with Gasteiger partial charge in [-0.15, -0.1) is 11.3 Å². The third-order valence-corrected chi connectivity index (χ3v) is 6.86. The number of anilines is 3. The maximum absolute atomic E-state index is 13.0. The summed E-state index contributed by atoms with van der Waals surface area (Å²) in [5, 5.41) is 10.4. The number of thiophene rings is 1. The number of nitrogen functional groups attached to an aromatic ring is 1. The Morgan fingerprint density at radius 1 is 0.977 bits per heavy atom. The van der Waals surface area contributed by atoms with Crippen molar-refractivity contribution in [2.45, 2.75) is 51.9 Å². The molecule has 224 valence electrons. The van der Waals surface area contributed by atoms with E-state index in [2.05, 4.69) is 32.8 Å². The summed E-state index contributed by atoms with van der Waals surface area (Å²) in [6.07, 6.45) is -3.50. The predicted octanol–water partition coefficient (Wildman–Crippen LogP) is 7.86. The molecule has 4 aromatic rings. The summed E-state index contributed by atoms with van der Waals surface area (Å²) >= 11 is 1.45. The number of ether oxygens (including phenoxy) is 1. The summed E-state index contributed by atoms with van der Waals surface area (Å²) in [4.78, 5) is 28.9. The van der Waals surface area contributed by atoms with Crippen molar-refractivity contribution in [1.82, 2.24) is 10.3 Å². The molecule has 0 radical (unpaired) electrons. The lowest BCUT2D eigenvalue weighted by molar-refractivity contribution is -0.137. The van der Waals surface area contributed by atoms with E-state index in [0.717, 1.165) is 33.3 Å².